The van der Waals surface area contributed by atoms with Gasteiger partial charge in [0.2, 0.25) is 0 Å². The summed E-state index contributed by atoms with van der Waals surface area (Å²) in [6, 6.07) is 13.0. The number of imidazole rings is 1. The Kier molecular flexibility index (Phi) is 4.42. The van der Waals surface area contributed by atoms with Gasteiger partial charge in [-0.25, -0.2) is 4.98 Å². The maximum absolute atomic E-state index is 5.69. The van der Waals surface area contributed by atoms with Crippen LogP contribution in [-0.2, 0) is 11.3 Å². The number of ether oxygens (including phenoxy) is 2. The minimum Gasteiger partial charge on any atom is -0.497 e. The molecular formula is C20H23N3O2. The molecule has 3 aromatic rings. The first-order chi connectivity index (χ1) is 12.2. The SMILES string of the molecule is COc1ccc2cc(CN3CCOC[C@H]3c3ncc(C)[nH]3)ccc2c1. The van der Waals surface area contributed by atoms with E-state index in [9.17, 15) is 0 Å². The van der Waals surface area contributed by atoms with Crippen LogP contribution in [0, 0.1) is 6.92 Å². The minimum atomic E-state index is 0.175. The van der Waals surface area contributed by atoms with Crippen LogP contribution in [0.15, 0.2) is 42.6 Å². The van der Waals surface area contributed by atoms with Gasteiger partial charge in [-0.05, 0) is 41.5 Å². The Morgan fingerprint density at radius 2 is 2.08 bits per heavy atom. The molecule has 5 heteroatoms. The fourth-order valence-corrected chi connectivity index (χ4v) is 3.41. The van der Waals surface area contributed by atoms with Crippen molar-refractivity contribution in [1.82, 2.24) is 14.9 Å². The molecule has 0 aliphatic carbocycles. The Morgan fingerprint density at radius 3 is 2.88 bits per heavy atom. The lowest BCUT2D eigenvalue weighted by Gasteiger charge is -2.34. The molecule has 5 nitrogen and oxygen atoms in total. The number of rotatable bonds is 4. The van der Waals surface area contributed by atoms with E-state index in [-0.39, 0.29) is 6.04 Å². The normalized spacial score (nSPS) is 18.6. The van der Waals surface area contributed by atoms with Crippen LogP contribution in [0.3, 0.4) is 0 Å². The molecule has 0 saturated carbocycles. The molecule has 130 valence electrons. The Morgan fingerprint density at radius 1 is 1.24 bits per heavy atom. The van der Waals surface area contributed by atoms with Crippen molar-refractivity contribution < 1.29 is 9.47 Å². The lowest BCUT2D eigenvalue weighted by atomic mass is 10.1. The van der Waals surface area contributed by atoms with Gasteiger partial charge in [-0.3, -0.25) is 4.90 Å². The van der Waals surface area contributed by atoms with E-state index in [0.717, 1.165) is 37.0 Å². The second kappa shape index (κ2) is 6.86. The first-order valence-electron chi connectivity index (χ1n) is 8.63. The molecule has 1 aliphatic heterocycles. The molecule has 1 saturated heterocycles. The van der Waals surface area contributed by atoms with E-state index in [2.05, 4.69) is 45.2 Å². The van der Waals surface area contributed by atoms with Crippen molar-refractivity contribution in [2.45, 2.75) is 19.5 Å². The third-order valence-electron chi connectivity index (χ3n) is 4.77. The van der Waals surface area contributed by atoms with E-state index in [0.29, 0.717) is 6.61 Å². The molecule has 25 heavy (non-hydrogen) atoms. The number of aromatic nitrogens is 2. The molecule has 0 amide bonds. The van der Waals surface area contributed by atoms with Crippen molar-refractivity contribution >= 4 is 10.8 Å². The largest absolute Gasteiger partial charge is 0.497 e. The van der Waals surface area contributed by atoms with Gasteiger partial charge in [0.05, 0.1) is 26.4 Å². The van der Waals surface area contributed by atoms with Crippen molar-refractivity contribution in [3.63, 3.8) is 0 Å². The zero-order chi connectivity index (χ0) is 17.2. The minimum absolute atomic E-state index is 0.175. The first kappa shape index (κ1) is 16.1. The molecule has 1 aromatic heterocycles. The number of H-pyrrole nitrogens is 1. The Bertz CT molecular complexity index is 874. The van der Waals surface area contributed by atoms with Crippen molar-refractivity contribution in [2.24, 2.45) is 0 Å². The third kappa shape index (κ3) is 3.38. The molecule has 0 unspecified atom stereocenters. The summed E-state index contributed by atoms with van der Waals surface area (Å²) in [5, 5.41) is 2.43. The Labute approximate surface area is 147 Å². The maximum Gasteiger partial charge on any atom is 0.126 e. The van der Waals surface area contributed by atoms with Crippen molar-refractivity contribution in [3.8, 4) is 5.75 Å². The number of methoxy groups -OCH3 is 1. The summed E-state index contributed by atoms with van der Waals surface area (Å²) in [6.07, 6.45) is 1.88. The van der Waals surface area contributed by atoms with Gasteiger partial charge in [-0.1, -0.05) is 18.2 Å². The van der Waals surface area contributed by atoms with Crippen molar-refractivity contribution in [1.29, 1.82) is 0 Å². The van der Waals surface area contributed by atoms with Gasteiger partial charge < -0.3 is 14.5 Å². The number of nitrogens with zero attached hydrogens (tertiary/aromatic N) is 2. The number of hydrogen-bond donors (Lipinski definition) is 1. The van der Waals surface area contributed by atoms with Crippen LogP contribution >= 0.6 is 0 Å². The van der Waals surface area contributed by atoms with Crippen LogP contribution < -0.4 is 4.74 Å². The highest BCUT2D eigenvalue weighted by molar-refractivity contribution is 5.84. The number of fused-ring (bicyclic) bond motifs is 1. The van der Waals surface area contributed by atoms with Gasteiger partial charge >= 0.3 is 0 Å². The fraction of sp³-hybridized carbons (Fsp3) is 0.350. The summed E-state index contributed by atoms with van der Waals surface area (Å²) in [7, 11) is 1.70. The fourth-order valence-electron chi connectivity index (χ4n) is 3.41. The van der Waals surface area contributed by atoms with Gasteiger partial charge in [0, 0.05) is 25.0 Å². The average molecular weight is 337 g/mol. The highest BCUT2D eigenvalue weighted by atomic mass is 16.5. The van der Waals surface area contributed by atoms with Gasteiger partial charge in [0.1, 0.15) is 11.6 Å². The van der Waals surface area contributed by atoms with Crippen LogP contribution in [-0.4, -0.2) is 41.7 Å². The maximum atomic E-state index is 5.69. The molecule has 0 spiro atoms. The molecule has 1 fully saturated rings. The number of morpholine rings is 1. The van der Waals surface area contributed by atoms with Gasteiger partial charge in [-0.2, -0.15) is 0 Å². The van der Waals surface area contributed by atoms with E-state index >= 15 is 0 Å². The summed E-state index contributed by atoms with van der Waals surface area (Å²) >= 11 is 0. The zero-order valence-corrected chi connectivity index (χ0v) is 14.7. The zero-order valence-electron chi connectivity index (χ0n) is 14.7. The van der Waals surface area contributed by atoms with Crippen LogP contribution in [0.5, 0.6) is 5.75 Å². The summed E-state index contributed by atoms with van der Waals surface area (Å²) in [4.78, 5) is 10.3. The molecular weight excluding hydrogens is 314 g/mol. The molecule has 1 N–H and O–H groups in total. The van der Waals surface area contributed by atoms with E-state index in [4.69, 9.17) is 9.47 Å². The Hall–Kier alpha value is -2.37. The van der Waals surface area contributed by atoms with Crippen molar-refractivity contribution in [3.05, 3.63) is 59.7 Å². The Balaban J connectivity index is 1.58. The molecule has 4 rings (SSSR count). The average Bonchev–Trinajstić information content (AvgIpc) is 3.08. The second-order valence-corrected chi connectivity index (χ2v) is 6.56. The topological polar surface area (TPSA) is 50.4 Å². The predicted octanol–water partition coefficient (Wildman–Crippen LogP) is 3.45. The summed E-state index contributed by atoms with van der Waals surface area (Å²) < 4.78 is 11.0. The number of aryl methyl sites for hydroxylation is 1. The number of nitrogens with one attached hydrogen (secondary N) is 1. The van der Waals surface area contributed by atoms with E-state index in [1.807, 2.05) is 19.2 Å². The second-order valence-electron chi connectivity index (χ2n) is 6.56. The molecule has 2 aromatic carbocycles. The van der Waals surface area contributed by atoms with Crippen LogP contribution in [0.25, 0.3) is 10.8 Å². The molecule has 0 bridgehead atoms. The van der Waals surface area contributed by atoms with Gasteiger partial charge in [0.15, 0.2) is 0 Å². The van der Waals surface area contributed by atoms with Gasteiger partial charge in [-0.15, -0.1) is 0 Å². The van der Waals surface area contributed by atoms with Crippen LogP contribution in [0.2, 0.25) is 0 Å². The van der Waals surface area contributed by atoms with Gasteiger partial charge in [0.25, 0.3) is 0 Å². The lowest BCUT2D eigenvalue weighted by Crippen LogP contribution is -2.39. The van der Waals surface area contributed by atoms with E-state index in [1.165, 1.54) is 16.3 Å². The quantitative estimate of drug-likeness (QED) is 0.792. The van der Waals surface area contributed by atoms with E-state index in [1.54, 1.807) is 7.11 Å². The monoisotopic (exact) mass is 337 g/mol. The highest BCUT2D eigenvalue weighted by Gasteiger charge is 2.26. The smallest absolute Gasteiger partial charge is 0.126 e. The summed E-state index contributed by atoms with van der Waals surface area (Å²) in [5.41, 5.74) is 2.38. The van der Waals surface area contributed by atoms with Crippen molar-refractivity contribution in [2.75, 3.05) is 26.9 Å². The molecule has 0 radical (unpaired) electrons. The third-order valence-corrected chi connectivity index (χ3v) is 4.77. The van der Waals surface area contributed by atoms with E-state index < -0.39 is 0 Å². The highest BCUT2D eigenvalue weighted by Crippen LogP contribution is 2.26. The first-order valence-corrected chi connectivity index (χ1v) is 8.63. The van der Waals surface area contributed by atoms with Crippen LogP contribution in [0.1, 0.15) is 23.1 Å². The summed E-state index contributed by atoms with van der Waals surface area (Å²) in [6.45, 7) is 5.27. The number of benzene rings is 2. The molecule has 2 heterocycles. The lowest BCUT2D eigenvalue weighted by molar-refractivity contribution is -0.0156. The molecule has 1 atom stereocenters. The number of hydrogen-bond acceptors (Lipinski definition) is 4. The predicted molar refractivity (Wildman–Crippen MR) is 97.8 cm³/mol. The number of aromatic amines is 1. The standard InChI is InChI=1S/C20H23N3O2/c1-14-11-21-20(22-14)19-13-25-8-7-23(19)12-15-3-4-17-10-18(24-2)6-5-16(17)9-15/h3-6,9-11,19H,7-8,12-13H2,1-2H3,(H,21,22)/t19-/m0/s1. The summed E-state index contributed by atoms with van der Waals surface area (Å²) in [5.74, 6) is 1.88. The van der Waals surface area contributed by atoms with Crippen LogP contribution in [0.4, 0.5) is 0 Å². The molecule has 1 aliphatic rings.